The second-order valence-corrected chi connectivity index (χ2v) is 12.1. The van der Waals surface area contributed by atoms with E-state index in [1.54, 1.807) is 24.3 Å². The number of hydrogen-bond acceptors (Lipinski definition) is 4. The van der Waals surface area contributed by atoms with E-state index in [-0.39, 0.29) is 29.6 Å². The first kappa shape index (κ1) is 30.8. The third kappa shape index (κ3) is 8.60. The van der Waals surface area contributed by atoms with Crippen molar-refractivity contribution in [2.75, 3.05) is 23.7 Å². The number of nitrogens with one attached hydrogen (secondary N) is 1. The second-order valence-electron chi connectivity index (χ2n) is 8.97. The minimum Gasteiger partial charge on any atom is -0.354 e. The Labute approximate surface area is 244 Å². The fourth-order valence-electron chi connectivity index (χ4n) is 4.01. The normalized spacial score (nSPS) is 12.0. The molecule has 2 amide bonds. The van der Waals surface area contributed by atoms with Gasteiger partial charge in [0.1, 0.15) is 12.6 Å². The average molecular weight is 611 g/mol. The molecule has 1 N–H and O–H groups in total. The van der Waals surface area contributed by atoms with Gasteiger partial charge in [-0.3, -0.25) is 13.9 Å². The van der Waals surface area contributed by atoms with Crippen molar-refractivity contribution in [2.45, 2.75) is 32.4 Å². The highest BCUT2D eigenvalue weighted by Crippen LogP contribution is 2.31. The predicted molar refractivity (Wildman–Crippen MR) is 158 cm³/mol. The standard InChI is InChI=1S/C28H30Cl3N3O4S/c1-3-15-32-28(36)26(16-20-9-5-4-6-10-20)33(18-21-11-7-8-12-23(21)30)27(35)19-34(39(2,37)38)25-14-13-22(29)17-24(25)31/h4-14,17,26H,3,15-16,18-19H2,1-2H3,(H,32,36)/t26-/m1/s1. The van der Waals surface area contributed by atoms with Crippen LogP contribution < -0.4 is 9.62 Å². The van der Waals surface area contributed by atoms with Crippen LogP contribution in [0.5, 0.6) is 0 Å². The van der Waals surface area contributed by atoms with Crippen molar-refractivity contribution in [3.8, 4) is 0 Å². The van der Waals surface area contributed by atoms with Crippen molar-refractivity contribution in [1.29, 1.82) is 0 Å². The van der Waals surface area contributed by atoms with Crippen LogP contribution >= 0.6 is 34.8 Å². The van der Waals surface area contributed by atoms with Crippen LogP contribution in [0.25, 0.3) is 0 Å². The summed E-state index contributed by atoms with van der Waals surface area (Å²) in [6, 6.07) is 19.7. The van der Waals surface area contributed by atoms with Gasteiger partial charge >= 0.3 is 0 Å². The molecule has 0 fully saturated rings. The Kier molecular flexibility index (Phi) is 11.1. The van der Waals surface area contributed by atoms with E-state index in [0.29, 0.717) is 28.6 Å². The summed E-state index contributed by atoms with van der Waals surface area (Å²) in [5, 5.41) is 3.69. The molecule has 208 valence electrons. The lowest BCUT2D eigenvalue weighted by molar-refractivity contribution is -0.140. The molecule has 3 rings (SSSR count). The number of amides is 2. The SMILES string of the molecule is CCCNC(=O)[C@@H](Cc1ccccc1)N(Cc1ccccc1Cl)C(=O)CN(c1ccc(Cl)cc1Cl)S(C)(=O)=O. The van der Waals surface area contributed by atoms with E-state index in [2.05, 4.69) is 5.32 Å². The molecule has 0 radical (unpaired) electrons. The van der Waals surface area contributed by atoms with Gasteiger partial charge in [-0.1, -0.05) is 90.3 Å². The Morgan fingerprint density at radius 1 is 0.923 bits per heavy atom. The van der Waals surface area contributed by atoms with Crippen LogP contribution in [0.1, 0.15) is 24.5 Å². The van der Waals surface area contributed by atoms with Crippen molar-refractivity contribution in [3.63, 3.8) is 0 Å². The van der Waals surface area contributed by atoms with Crippen molar-refractivity contribution < 1.29 is 18.0 Å². The molecule has 1 atom stereocenters. The first-order valence-corrected chi connectivity index (χ1v) is 15.3. The first-order chi connectivity index (χ1) is 18.5. The molecule has 3 aromatic rings. The quantitative estimate of drug-likeness (QED) is 0.290. The number of hydrogen-bond donors (Lipinski definition) is 1. The summed E-state index contributed by atoms with van der Waals surface area (Å²) < 4.78 is 26.6. The maximum absolute atomic E-state index is 14.0. The molecule has 3 aromatic carbocycles. The Morgan fingerprint density at radius 2 is 1.59 bits per heavy atom. The van der Waals surface area contributed by atoms with Gasteiger partial charge in [0.15, 0.2) is 0 Å². The molecule has 7 nitrogen and oxygen atoms in total. The van der Waals surface area contributed by atoms with Crippen LogP contribution in [0, 0.1) is 0 Å². The van der Waals surface area contributed by atoms with Crippen LogP contribution in [0.3, 0.4) is 0 Å². The molecule has 11 heteroatoms. The summed E-state index contributed by atoms with van der Waals surface area (Å²) in [5.41, 5.74) is 1.56. The zero-order valence-electron chi connectivity index (χ0n) is 21.6. The van der Waals surface area contributed by atoms with Gasteiger partial charge in [0.05, 0.1) is 17.0 Å². The molecule has 0 saturated carbocycles. The molecular weight excluding hydrogens is 581 g/mol. The van der Waals surface area contributed by atoms with E-state index >= 15 is 0 Å². The van der Waals surface area contributed by atoms with Crippen molar-refractivity contribution in [1.82, 2.24) is 10.2 Å². The Balaban J connectivity index is 2.07. The molecule has 0 aliphatic heterocycles. The lowest BCUT2D eigenvalue weighted by atomic mass is 10.0. The summed E-state index contributed by atoms with van der Waals surface area (Å²) in [7, 11) is -3.95. The molecule has 0 aliphatic rings. The Bertz CT molecular complexity index is 1400. The van der Waals surface area contributed by atoms with E-state index < -0.39 is 28.5 Å². The summed E-state index contributed by atoms with van der Waals surface area (Å²) in [6.45, 7) is 1.76. The van der Waals surface area contributed by atoms with E-state index in [9.17, 15) is 18.0 Å². The van der Waals surface area contributed by atoms with E-state index in [0.717, 1.165) is 16.1 Å². The second kappa shape index (κ2) is 14.0. The summed E-state index contributed by atoms with van der Waals surface area (Å²) >= 11 is 18.8. The minimum absolute atomic E-state index is 0.0124. The molecule has 0 saturated heterocycles. The highest BCUT2D eigenvalue weighted by atomic mass is 35.5. The van der Waals surface area contributed by atoms with Gasteiger partial charge in [-0.05, 0) is 41.8 Å². The number of carbonyl (C=O) groups excluding carboxylic acids is 2. The van der Waals surface area contributed by atoms with Crippen LogP contribution in [0.4, 0.5) is 5.69 Å². The van der Waals surface area contributed by atoms with Gasteiger partial charge in [-0.2, -0.15) is 0 Å². The first-order valence-electron chi connectivity index (χ1n) is 12.3. The van der Waals surface area contributed by atoms with Gasteiger partial charge < -0.3 is 10.2 Å². The highest BCUT2D eigenvalue weighted by Gasteiger charge is 2.33. The lowest BCUT2D eigenvalue weighted by Crippen LogP contribution is -2.53. The van der Waals surface area contributed by atoms with E-state index in [4.69, 9.17) is 34.8 Å². The smallest absolute Gasteiger partial charge is 0.244 e. The molecule has 39 heavy (non-hydrogen) atoms. The van der Waals surface area contributed by atoms with Crippen LogP contribution in [0.2, 0.25) is 15.1 Å². The van der Waals surface area contributed by atoms with E-state index in [1.807, 2.05) is 37.3 Å². The number of halogens is 3. The van der Waals surface area contributed by atoms with Gasteiger partial charge in [-0.25, -0.2) is 8.42 Å². The number of nitrogens with zero attached hydrogens (tertiary/aromatic N) is 2. The predicted octanol–water partition coefficient (Wildman–Crippen LogP) is 5.58. The van der Waals surface area contributed by atoms with Crippen molar-refractivity contribution in [3.05, 3.63) is 99.0 Å². The number of anilines is 1. The van der Waals surface area contributed by atoms with Gasteiger partial charge in [-0.15, -0.1) is 0 Å². The number of rotatable bonds is 12. The maximum atomic E-state index is 14.0. The lowest BCUT2D eigenvalue weighted by Gasteiger charge is -2.33. The fourth-order valence-corrected chi connectivity index (χ4v) is 5.63. The molecule has 0 aromatic heterocycles. The monoisotopic (exact) mass is 609 g/mol. The molecule has 0 spiro atoms. The molecule has 0 unspecified atom stereocenters. The topological polar surface area (TPSA) is 86.8 Å². The Morgan fingerprint density at radius 3 is 2.21 bits per heavy atom. The minimum atomic E-state index is -3.95. The van der Waals surface area contributed by atoms with Crippen LogP contribution in [0.15, 0.2) is 72.8 Å². The number of benzene rings is 3. The van der Waals surface area contributed by atoms with E-state index in [1.165, 1.54) is 23.1 Å². The van der Waals surface area contributed by atoms with Crippen LogP contribution in [-0.2, 0) is 32.6 Å². The van der Waals surface area contributed by atoms with Crippen molar-refractivity contribution in [2.24, 2.45) is 0 Å². The van der Waals surface area contributed by atoms with Crippen molar-refractivity contribution >= 4 is 62.3 Å². The molecule has 0 aliphatic carbocycles. The zero-order valence-corrected chi connectivity index (χ0v) is 24.7. The third-order valence-corrected chi connectivity index (χ3v) is 8.01. The van der Waals surface area contributed by atoms with Gasteiger partial charge in [0, 0.05) is 29.6 Å². The zero-order chi connectivity index (χ0) is 28.6. The molecule has 0 heterocycles. The van der Waals surface area contributed by atoms with Gasteiger partial charge in [0.2, 0.25) is 21.8 Å². The number of sulfonamides is 1. The molecular formula is C28H30Cl3N3O4S. The largest absolute Gasteiger partial charge is 0.354 e. The Hall–Kier alpha value is -2.78. The highest BCUT2D eigenvalue weighted by molar-refractivity contribution is 7.92. The third-order valence-electron chi connectivity index (χ3n) is 5.98. The van der Waals surface area contributed by atoms with Crippen LogP contribution in [-0.4, -0.2) is 50.5 Å². The summed E-state index contributed by atoms with van der Waals surface area (Å²) in [4.78, 5) is 28.8. The summed E-state index contributed by atoms with van der Waals surface area (Å²) in [5.74, 6) is -0.949. The molecule has 0 bridgehead atoms. The van der Waals surface area contributed by atoms with Gasteiger partial charge in [0.25, 0.3) is 0 Å². The maximum Gasteiger partial charge on any atom is 0.244 e. The average Bonchev–Trinajstić information content (AvgIpc) is 2.89. The fraction of sp³-hybridized carbons (Fsp3) is 0.286. The number of carbonyl (C=O) groups is 2. The summed E-state index contributed by atoms with van der Waals surface area (Å²) in [6.07, 6.45) is 1.91.